The standard InChI is InChI=1S/C20H15N3O/c24-19-12-6-1-7-14(19)13-21-23-20-15-8-2-4-10-17(15)22-18-11-5-3-9-16(18)20/h1-13,24H,(H,22,23)/b21-13+. The van der Waals surface area contributed by atoms with Gasteiger partial charge in [0, 0.05) is 16.3 Å². The van der Waals surface area contributed by atoms with E-state index in [2.05, 4.69) is 15.5 Å². The molecule has 0 aliphatic heterocycles. The maximum Gasteiger partial charge on any atom is 0.124 e. The van der Waals surface area contributed by atoms with Crippen LogP contribution >= 0.6 is 0 Å². The van der Waals surface area contributed by atoms with Gasteiger partial charge in [0.2, 0.25) is 0 Å². The number of hydrogen-bond donors (Lipinski definition) is 2. The average molecular weight is 313 g/mol. The Morgan fingerprint density at radius 3 is 2.04 bits per heavy atom. The van der Waals surface area contributed by atoms with Crippen molar-refractivity contribution in [2.45, 2.75) is 0 Å². The van der Waals surface area contributed by atoms with Crippen molar-refractivity contribution < 1.29 is 5.11 Å². The molecule has 0 fully saturated rings. The highest BCUT2D eigenvalue weighted by atomic mass is 16.3. The van der Waals surface area contributed by atoms with E-state index in [1.807, 2.05) is 60.7 Å². The highest BCUT2D eigenvalue weighted by Gasteiger charge is 2.07. The zero-order valence-corrected chi connectivity index (χ0v) is 12.8. The Balaban J connectivity index is 1.81. The summed E-state index contributed by atoms with van der Waals surface area (Å²) in [6, 6.07) is 23.0. The van der Waals surface area contributed by atoms with Crippen molar-refractivity contribution in [3.8, 4) is 5.75 Å². The maximum absolute atomic E-state index is 9.82. The van der Waals surface area contributed by atoms with E-state index in [4.69, 9.17) is 0 Å². The summed E-state index contributed by atoms with van der Waals surface area (Å²) in [5, 5.41) is 16.1. The summed E-state index contributed by atoms with van der Waals surface area (Å²) in [7, 11) is 0. The Morgan fingerprint density at radius 1 is 0.792 bits per heavy atom. The first-order valence-electron chi connectivity index (χ1n) is 7.67. The fraction of sp³-hybridized carbons (Fsp3) is 0. The van der Waals surface area contributed by atoms with Crippen LogP contribution in [-0.2, 0) is 0 Å². The summed E-state index contributed by atoms with van der Waals surface area (Å²) in [5.74, 6) is 0.201. The first-order chi connectivity index (χ1) is 11.8. The van der Waals surface area contributed by atoms with Crippen LogP contribution in [0.25, 0.3) is 21.8 Å². The van der Waals surface area contributed by atoms with Gasteiger partial charge in [-0.15, -0.1) is 0 Å². The number of aromatic nitrogens is 1. The number of para-hydroxylation sites is 3. The summed E-state index contributed by atoms with van der Waals surface area (Å²) in [4.78, 5) is 4.69. The monoisotopic (exact) mass is 313 g/mol. The van der Waals surface area contributed by atoms with E-state index in [0.29, 0.717) is 5.56 Å². The molecule has 116 valence electrons. The lowest BCUT2D eigenvalue weighted by Gasteiger charge is -2.10. The molecule has 0 aliphatic carbocycles. The predicted molar refractivity (Wildman–Crippen MR) is 98.6 cm³/mol. The minimum atomic E-state index is 0.201. The summed E-state index contributed by atoms with van der Waals surface area (Å²) in [6.07, 6.45) is 1.61. The van der Waals surface area contributed by atoms with Gasteiger partial charge in [0.05, 0.1) is 22.9 Å². The zero-order valence-electron chi connectivity index (χ0n) is 12.8. The third-order valence-electron chi connectivity index (χ3n) is 3.90. The average Bonchev–Trinajstić information content (AvgIpc) is 2.62. The molecular formula is C20H15N3O. The normalized spacial score (nSPS) is 11.3. The molecule has 4 aromatic rings. The van der Waals surface area contributed by atoms with Crippen LogP contribution in [0.3, 0.4) is 0 Å². The molecule has 0 amide bonds. The third kappa shape index (κ3) is 2.54. The second-order valence-corrected chi connectivity index (χ2v) is 5.45. The fourth-order valence-corrected chi connectivity index (χ4v) is 2.72. The van der Waals surface area contributed by atoms with Gasteiger partial charge in [-0.2, -0.15) is 5.10 Å². The van der Waals surface area contributed by atoms with E-state index in [1.54, 1.807) is 18.3 Å². The quantitative estimate of drug-likeness (QED) is 0.332. The molecule has 0 radical (unpaired) electrons. The Morgan fingerprint density at radius 2 is 1.38 bits per heavy atom. The number of aromatic hydroxyl groups is 1. The number of rotatable bonds is 3. The van der Waals surface area contributed by atoms with Crippen molar-refractivity contribution in [2.75, 3.05) is 5.43 Å². The lowest BCUT2D eigenvalue weighted by Crippen LogP contribution is -1.95. The molecule has 4 rings (SSSR count). The number of hydrogen-bond acceptors (Lipinski definition) is 4. The van der Waals surface area contributed by atoms with Crippen LogP contribution in [0.4, 0.5) is 5.69 Å². The van der Waals surface area contributed by atoms with E-state index in [1.165, 1.54) is 0 Å². The minimum Gasteiger partial charge on any atom is -0.507 e. The molecule has 0 saturated carbocycles. The number of anilines is 1. The summed E-state index contributed by atoms with van der Waals surface area (Å²) >= 11 is 0. The minimum absolute atomic E-state index is 0.201. The topological polar surface area (TPSA) is 57.5 Å². The maximum atomic E-state index is 9.82. The molecule has 0 atom stereocenters. The molecule has 0 saturated heterocycles. The SMILES string of the molecule is Oc1ccccc1/C=N/Nc1c2ccccc2nc2ccccc12. The highest BCUT2D eigenvalue weighted by Crippen LogP contribution is 2.30. The number of benzene rings is 3. The molecule has 4 heteroatoms. The number of nitrogens with one attached hydrogen (secondary N) is 1. The van der Waals surface area contributed by atoms with Gasteiger partial charge in [-0.05, 0) is 24.3 Å². The molecule has 1 aromatic heterocycles. The van der Waals surface area contributed by atoms with Gasteiger partial charge < -0.3 is 5.11 Å². The molecule has 0 unspecified atom stereocenters. The Hall–Kier alpha value is -3.40. The molecule has 2 N–H and O–H groups in total. The molecule has 4 nitrogen and oxygen atoms in total. The lowest BCUT2D eigenvalue weighted by atomic mass is 10.1. The van der Waals surface area contributed by atoms with Crippen LogP contribution in [0.1, 0.15) is 5.56 Å². The van der Waals surface area contributed by atoms with Gasteiger partial charge in [0.25, 0.3) is 0 Å². The van der Waals surface area contributed by atoms with Gasteiger partial charge in [0.1, 0.15) is 5.75 Å². The lowest BCUT2D eigenvalue weighted by molar-refractivity contribution is 0.474. The summed E-state index contributed by atoms with van der Waals surface area (Å²) in [6.45, 7) is 0. The van der Waals surface area contributed by atoms with Gasteiger partial charge in [-0.3, -0.25) is 5.43 Å². The molecule has 24 heavy (non-hydrogen) atoms. The molecule has 3 aromatic carbocycles. The van der Waals surface area contributed by atoms with Crippen molar-refractivity contribution in [2.24, 2.45) is 5.10 Å². The molecule has 1 heterocycles. The number of hydrazone groups is 1. The van der Waals surface area contributed by atoms with Crippen LogP contribution in [0.2, 0.25) is 0 Å². The van der Waals surface area contributed by atoms with Crippen molar-refractivity contribution in [1.82, 2.24) is 4.98 Å². The Labute approximate surface area is 139 Å². The Bertz CT molecular complexity index is 1000. The van der Waals surface area contributed by atoms with E-state index in [-0.39, 0.29) is 5.75 Å². The summed E-state index contributed by atoms with van der Waals surface area (Å²) in [5.41, 5.74) is 6.52. The van der Waals surface area contributed by atoms with Gasteiger partial charge >= 0.3 is 0 Å². The number of pyridine rings is 1. The van der Waals surface area contributed by atoms with Crippen molar-refractivity contribution in [3.05, 3.63) is 78.4 Å². The molecule has 0 aliphatic rings. The third-order valence-corrected chi connectivity index (χ3v) is 3.90. The fourth-order valence-electron chi connectivity index (χ4n) is 2.72. The van der Waals surface area contributed by atoms with Crippen molar-refractivity contribution in [1.29, 1.82) is 0 Å². The van der Waals surface area contributed by atoms with Crippen LogP contribution in [0.5, 0.6) is 5.75 Å². The summed E-state index contributed by atoms with van der Waals surface area (Å²) < 4.78 is 0. The largest absolute Gasteiger partial charge is 0.507 e. The number of phenolic OH excluding ortho intramolecular Hbond substituents is 1. The van der Waals surface area contributed by atoms with Crippen molar-refractivity contribution in [3.63, 3.8) is 0 Å². The Kier molecular flexibility index (Phi) is 3.56. The van der Waals surface area contributed by atoms with Gasteiger partial charge in [-0.25, -0.2) is 4.98 Å². The van der Waals surface area contributed by atoms with Crippen LogP contribution < -0.4 is 5.43 Å². The first-order valence-corrected chi connectivity index (χ1v) is 7.67. The van der Waals surface area contributed by atoms with E-state index in [0.717, 1.165) is 27.5 Å². The van der Waals surface area contributed by atoms with E-state index >= 15 is 0 Å². The molecular weight excluding hydrogens is 298 g/mol. The number of fused-ring (bicyclic) bond motifs is 2. The number of phenols is 1. The second-order valence-electron chi connectivity index (χ2n) is 5.45. The van der Waals surface area contributed by atoms with E-state index < -0.39 is 0 Å². The smallest absolute Gasteiger partial charge is 0.124 e. The molecule has 0 spiro atoms. The van der Waals surface area contributed by atoms with Crippen LogP contribution in [0, 0.1) is 0 Å². The second kappa shape index (κ2) is 6.01. The van der Waals surface area contributed by atoms with Crippen LogP contribution in [0.15, 0.2) is 77.9 Å². The first kappa shape index (κ1) is 14.2. The zero-order chi connectivity index (χ0) is 16.4. The number of nitrogens with zero attached hydrogens (tertiary/aromatic N) is 2. The van der Waals surface area contributed by atoms with Gasteiger partial charge in [0.15, 0.2) is 0 Å². The highest BCUT2D eigenvalue weighted by molar-refractivity contribution is 6.07. The predicted octanol–water partition coefficient (Wildman–Crippen LogP) is 4.54. The van der Waals surface area contributed by atoms with Gasteiger partial charge in [-0.1, -0.05) is 48.5 Å². The van der Waals surface area contributed by atoms with E-state index in [9.17, 15) is 5.11 Å². The molecule has 0 bridgehead atoms. The van der Waals surface area contributed by atoms with Crippen LogP contribution in [-0.4, -0.2) is 16.3 Å². The van der Waals surface area contributed by atoms with Crippen molar-refractivity contribution >= 4 is 33.7 Å².